The Labute approximate surface area is 55.4 Å². The highest BCUT2D eigenvalue weighted by Crippen LogP contribution is 2.39. The summed E-state index contributed by atoms with van der Waals surface area (Å²) in [6.45, 7) is 0. The zero-order valence-electron chi connectivity index (χ0n) is 5.60. The van der Waals surface area contributed by atoms with Crippen molar-refractivity contribution in [2.45, 2.75) is 32.1 Å². The van der Waals surface area contributed by atoms with Crippen molar-refractivity contribution in [3.63, 3.8) is 0 Å². The Morgan fingerprint density at radius 3 is 2.89 bits per heavy atom. The molecule has 50 valence electrons. The molecular weight excluding hydrogens is 112 g/mol. The van der Waals surface area contributed by atoms with E-state index in [1.165, 1.54) is 25.7 Å². The minimum absolute atomic E-state index is 0.490. The van der Waals surface area contributed by atoms with Crippen LogP contribution in [0.4, 0.5) is 0 Å². The van der Waals surface area contributed by atoms with Gasteiger partial charge >= 0.3 is 0 Å². The van der Waals surface area contributed by atoms with Crippen molar-refractivity contribution in [2.75, 3.05) is 0 Å². The predicted molar refractivity (Wildman–Crippen MR) is 35.1 cm³/mol. The summed E-state index contributed by atoms with van der Waals surface area (Å²) in [5.74, 6) is 1.96. The maximum Gasteiger partial charge on any atom is 0.135 e. The van der Waals surface area contributed by atoms with Crippen LogP contribution in [0.25, 0.3) is 0 Å². The van der Waals surface area contributed by atoms with E-state index in [-0.39, 0.29) is 0 Å². The fourth-order valence-corrected chi connectivity index (χ4v) is 2.18. The van der Waals surface area contributed by atoms with E-state index < -0.39 is 0 Å². The first-order valence-electron chi connectivity index (χ1n) is 3.89. The van der Waals surface area contributed by atoms with Crippen LogP contribution in [0.5, 0.6) is 0 Å². The standard InChI is InChI=1S/C8H12O/c9-8-4-2-6-1-3-7(8)5-6/h6-7H,1-5H2/t6-,7-/m0/s1. The lowest BCUT2D eigenvalue weighted by Gasteiger charge is -2.15. The Hall–Kier alpha value is -0.330. The number of fused-ring (bicyclic) bond motifs is 2. The van der Waals surface area contributed by atoms with Gasteiger partial charge in [0.15, 0.2) is 0 Å². The molecule has 0 aromatic carbocycles. The second kappa shape index (κ2) is 1.83. The molecule has 0 aromatic heterocycles. The van der Waals surface area contributed by atoms with Gasteiger partial charge in [0.1, 0.15) is 5.78 Å². The van der Waals surface area contributed by atoms with Crippen molar-refractivity contribution in [3.05, 3.63) is 0 Å². The van der Waals surface area contributed by atoms with Gasteiger partial charge in [-0.2, -0.15) is 0 Å². The average Bonchev–Trinajstić information content (AvgIpc) is 2.25. The number of Topliss-reactive ketones (excluding diaryl/α,β-unsaturated/α-hetero) is 1. The lowest BCUT2D eigenvalue weighted by atomic mass is 9.88. The third-order valence-corrected chi connectivity index (χ3v) is 2.80. The Bertz CT molecular complexity index is 140. The Balaban J connectivity index is 2.14. The number of ketones is 1. The highest BCUT2D eigenvalue weighted by Gasteiger charge is 2.33. The fraction of sp³-hybridized carbons (Fsp3) is 0.875. The van der Waals surface area contributed by atoms with Crippen molar-refractivity contribution < 1.29 is 4.79 Å². The maximum atomic E-state index is 11.1. The van der Waals surface area contributed by atoms with Crippen LogP contribution in [0, 0.1) is 11.8 Å². The molecule has 0 radical (unpaired) electrons. The van der Waals surface area contributed by atoms with E-state index >= 15 is 0 Å². The average molecular weight is 124 g/mol. The molecule has 0 saturated heterocycles. The van der Waals surface area contributed by atoms with Crippen LogP contribution in [0.2, 0.25) is 0 Å². The third-order valence-electron chi connectivity index (χ3n) is 2.80. The van der Waals surface area contributed by atoms with Crippen LogP contribution < -0.4 is 0 Å². The summed E-state index contributed by atoms with van der Waals surface area (Å²) in [4.78, 5) is 11.1. The maximum absolute atomic E-state index is 11.1. The second-order valence-electron chi connectivity index (χ2n) is 3.38. The van der Waals surface area contributed by atoms with E-state index in [1.54, 1.807) is 0 Å². The van der Waals surface area contributed by atoms with E-state index in [4.69, 9.17) is 0 Å². The molecular formula is C8H12O. The van der Waals surface area contributed by atoms with Crippen molar-refractivity contribution in [1.29, 1.82) is 0 Å². The van der Waals surface area contributed by atoms with Gasteiger partial charge in [0, 0.05) is 12.3 Å². The minimum Gasteiger partial charge on any atom is -0.299 e. The van der Waals surface area contributed by atoms with Gasteiger partial charge in [0.2, 0.25) is 0 Å². The predicted octanol–water partition coefficient (Wildman–Crippen LogP) is 1.77. The molecule has 0 heterocycles. The van der Waals surface area contributed by atoms with E-state index in [2.05, 4.69) is 0 Å². The topological polar surface area (TPSA) is 17.1 Å². The molecule has 2 aliphatic carbocycles. The number of rotatable bonds is 0. The molecule has 0 aliphatic heterocycles. The summed E-state index contributed by atoms with van der Waals surface area (Å²) in [5, 5.41) is 0. The number of carbonyl (C=O) groups excluding carboxylic acids is 1. The van der Waals surface area contributed by atoms with E-state index in [0.717, 1.165) is 12.3 Å². The van der Waals surface area contributed by atoms with Crippen molar-refractivity contribution in [2.24, 2.45) is 11.8 Å². The molecule has 0 aromatic rings. The van der Waals surface area contributed by atoms with Crippen LogP contribution in [-0.2, 0) is 4.79 Å². The Kier molecular flexibility index (Phi) is 1.11. The van der Waals surface area contributed by atoms with Gasteiger partial charge in [-0.1, -0.05) is 0 Å². The first-order chi connectivity index (χ1) is 4.36. The largest absolute Gasteiger partial charge is 0.299 e. The number of hydrogen-bond donors (Lipinski definition) is 0. The Morgan fingerprint density at radius 2 is 2.11 bits per heavy atom. The van der Waals surface area contributed by atoms with Crippen molar-refractivity contribution in [3.8, 4) is 0 Å². The summed E-state index contributed by atoms with van der Waals surface area (Å²) < 4.78 is 0. The molecule has 2 saturated carbocycles. The lowest BCUT2D eigenvalue weighted by Crippen LogP contribution is -2.16. The third kappa shape index (κ3) is 0.790. The van der Waals surface area contributed by atoms with Crippen LogP contribution in [0.15, 0.2) is 0 Å². The minimum atomic E-state index is 0.490. The normalized spacial score (nSPS) is 41.6. The van der Waals surface area contributed by atoms with Gasteiger partial charge in [-0.15, -0.1) is 0 Å². The van der Waals surface area contributed by atoms with E-state index in [1.807, 2.05) is 0 Å². The summed E-state index contributed by atoms with van der Waals surface area (Å²) in [7, 11) is 0. The van der Waals surface area contributed by atoms with Gasteiger partial charge in [-0.3, -0.25) is 4.79 Å². The van der Waals surface area contributed by atoms with Gasteiger partial charge < -0.3 is 0 Å². The molecule has 2 fully saturated rings. The molecule has 0 spiro atoms. The van der Waals surface area contributed by atoms with E-state index in [0.29, 0.717) is 11.7 Å². The van der Waals surface area contributed by atoms with Crippen LogP contribution in [-0.4, -0.2) is 5.78 Å². The summed E-state index contributed by atoms with van der Waals surface area (Å²) >= 11 is 0. The van der Waals surface area contributed by atoms with Gasteiger partial charge in [-0.25, -0.2) is 0 Å². The molecule has 9 heavy (non-hydrogen) atoms. The van der Waals surface area contributed by atoms with Crippen molar-refractivity contribution in [1.82, 2.24) is 0 Å². The highest BCUT2D eigenvalue weighted by molar-refractivity contribution is 5.82. The van der Waals surface area contributed by atoms with Crippen LogP contribution >= 0.6 is 0 Å². The van der Waals surface area contributed by atoms with E-state index in [9.17, 15) is 4.79 Å². The summed E-state index contributed by atoms with van der Waals surface area (Å²) in [6, 6.07) is 0. The van der Waals surface area contributed by atoms with Gasteiger partial charge in [0.25, 0.3) is 0 Å². The van der Waals surface area contributed by atoms with Crippen LogP contribution in [0.3, 0.4) is 0 Å². The monoisotopic (exact) mass is 124 g/mol. The molecule has 1 nitrogen and oxygen atoms in total. The molecule has 1 heteroatoms. The molecule has 0 unspecified atom stereocenters. The zero-order chi connectivity index (χ0) is 6.27. The number of carbonyl (C=O) groups is 1. The molecule has 2 bridgehead atoms. The fourth-order valence-electron chi connectivity index (χ4n) is 2.18. The first kappa shape index (κ1) is 5.45. The quantitative estimate of drug-likeness (QED) is 0.481. The smallest absolute Gasteiger partial charge is 0.135 e. The molecule has 0 amide bonds. The lowest BCUT2D eigenvalue weighted by molar-refractivity contribution is -0.124. The molecule has 2 aliphatic rings. The SMILES string of the molecule is O=C1CC[C@@H]2CC[C@H]1C2. The van der Waals surface area contributed by atoms with Crippen LogP contribution in [0.1, 0.15) is 32.1 Å². The highest BCUT2D eigenvalue weighted by atomic mass is 16.1. The van der Waals surface area contributed by atoms with Crippen molar-refractivity contribution >= 4 is 5.78 Å². The number of hydrogen-bond acceptors (Lipinski definition) is 1. The van der Waals surface area contributed by atoms with Gasteiger partial charge in [-0.05, 0) is 31.6 Å². The Morgan fingerprint density at radius 1 is 1.22 bits per heavy atom. The van der Waals surface area contributed by atoms with Gasteiger partial charge in [0.05, 0.1) is 0 Å². The second-order valence-corrected chi connectivity index (χ2v) is 3.38. The summed E-state index contributed by atoms with van der Waals surface area (Å²) in [5.41, 5.74) is 0. The summed E-state index contributed by atoms with van der Waals surface area (Å²) in [6.07, 6.45) is 5.82. The molecule has 2 atom stereocenters. The molecule has 2 rings (SSSR count). The molecule has 0 N–H and O–H groups in total. The zero-order valence-corrected chi connectivity index (χ0v) is 5.60. The first-order valence-corrected chi connectivity index (χ1v) is 3.89.